The summed E-state index contributed by atoms with van der Waals surface area (Å²) in [5.74, 6) is 6.39. The molecule has 0 spiro atoms. The molecule has 0 bridgehead atoms. The quantitative estimate of drug-likeness (QED) is 0.630. The minimum atomic E-state index is 0.937. The van der Waals surface area contributed by atoms with Crippen molar-refractivity contribution in [2.75, 3.05) is 6.54 Å². The molecule has 0 saturated carbocycles. The van der Waals surface area contributed by atoms with Gasteiger partial charge in [-0.2, -0.15) is 0 Å². The number of nitrogens with one attached hydrogen (secondary N) is 1. The third kappa shape index (κ3) is 5.42. The lowest BCUT2D eigenvalue weighted by Crippen LogP contribution is -2.14. The second kappa shape index (κ2) is 8.13. The van der Waals surface area contributed by atoms with Gasteiger partial charge < -0.3 is 5.32 Å². The van der Waals surface area contributed by atoms with Gasteiger partial charge in [-0.1, -0.05) is 60.4 Å². The van der Waals surface area contributed by atoms with E-state index in [9.17, 15) is 0 Å². The minimum absolute atomic E-state index is 0.937. The number of benzene rings is 2. The fourth-order valence-corrected chi connectivity index (χ4v) is 1.82. The van der Waals surface area contributed by atoms with E-state index in [-0.39, 0.29) is 0 Å². The van der Waals surface area contributed by atoms with Gasteiger partial charge in [0.05, 0.1) is 0 Å². The standard InChI is InChI=1S/C18H19N/c1-4-10-17(11-5-1)12-8-3-9-15-19-16-18-13-6-2-7-14-18/h1-2,4-7,10-11,13-14,19H,3,9,15-16H2. The molecule has 0 unspecified atom stereocenters. The van der Waals surface area contributed by atoms with Crippen LogP contribution in [0, 0.1) is 11.8 Å². The first-order valence-electron chi connectivity index (χ1n) is 6.74. The number of rotatable bonds is 5. The summed E-state index contributed by atoms with van der Waals surface area (Å²) in [5.41, 5.74) is 2.43. The lowest BCUT2D eigenvalue weighted by Gasteiger charge is -2.02. The topological polar surface area (TPSA) is 12.0 Å². The van der Waals surface area contributed by atoms with Crippen molar-refractivity contribution in [2.45, 2.75) is 19.4 Å². The molecule has 0 aliphatic rings. The van der Waals surface area contributed by atoms with Crippen molar-refractivity contribution in [2.24, 2.45) is 0 Å². The molecule has 0 saturated heterocycles. The monoisotopic (exact) mass is 249 g/mol. The van der Waals surface area contributed by atoms with Crippen molar-refractivity contribution < 1.29 is 0 Å². The van der Waals surface area contributed by atoms with Crippen LogP contribution in [0.2, 0.25) is 0 Å². The molecule has 0 radical (unpaired) electrons. The first-order chi connectivity index (χ1) is 9.45. The molecular formula is C18H19N. The smallest absolute Gasteiger partial charge is 0.0245 e. The van der Waals surface area contributed by atoms with E-state index in [2.05, 4.69) is 41.4 Å². The molecule has 0 aliphatic carbocycles. The first kappa shape index (κ1) is 13.4. The Labute approximate surface area is 115 Å². The predicted octanol–water partition coefficient (Wildman–Crippen LogP) is 3.61. The van der Waals surface area contributed by atoms with Crippen molar-refractivity contribution in [1.82, 2.24) is 5.32 Å². The van der Waals surface area contributed by atoms with Crippen LogP contribution in [-0.4, -0.2) is 6.54 Å². The predicted molar refractivity (Wildman–Crippen MR) is 80.7 cm³/mol. The molecule has 2 aromatic carbocycles. The molecule has 0 amide bonds. The molecule has 2 aromatic rings. The van der Waals surface area contributed by atoms with E-state index in [4.69, 9.17) is 0 Å². The first-order valence-corrected chi connectivity index (χ1v) is 6.74. The van der Waals surface area contributed by atoms with Crippen LogP contribution in [0.3, 0.4) is 0 Å². The zero-order chi connectivity index (χ0) is 13.2. The molecule has 0 aromatic heterocycles. The van der Waals surface area contributed by atoms with Gasteiger partial charge in [-0.3, -0.25) is 0 Å². The number of unbranched alkanes of at least 4 members (excludes halogenated alkanes) is 1. The van der Waals surface area contributed by atoms with Gasteiger partial charge in [0.15, 0.2) is 0 Å². The average Bonchev–Trinajstić information content (AvgIpc) is 2.48. The molecule has 1 N–H and O–H groups in total. The van der Waals surface area contributed by atoms with Crippen LogP contribution >= 0.6 is 0 Å². The van der Waals surface area contributed by atoms with Gasteiger partial charge in [-0.25, -0.2) is 0 Å². The van der Waals surface area contributed by atoms with Gasteiger partial charge in [-0.05, 0) is 30.7 Å². The summed E-state index contributed by atoms with van der Waals surface area (Å²) in [6, 6.07) is 20.6. The van der Waals surface area contributed by atoms with Gasteiger partial charge in [0.1, 0.15) is 0 Å². The van der Waals surface area contributed by atoms with Crippen molar-refractivity contribution in [3.63, 3.8) is 0 Å². The second-order valence-electron chi connectivity index (χ2n) is 4.43. The highest BCUT2D eigenvalue weighted by Crippen LogP contribution is 1.98. The van der Waals surface area contributed by atoms with E-state index in [1.807, 2.05) is 36.4 Å². The Morgan fingerprint density at radius 3 is 2.26 bits per heavy atom. The van der Waals surface area contributed by atoms with Crippen molar-refractivity contribution in [1.29, 1.82) is 0 Å². The minimum Gasteiger partial charge on any atom is -0.313 e. The molecule has 1 heteroatoms. The zero-order valence-corrected chi connectivity index (χ0v) is 11.1. The van der Waals surface area contributed by atoms with E-state index in [1.54, 1.807) is 0 Å². The number of hydrogen-bond donors (Lipinski definition) is 1. The van der Waals surface area contributed by atoms with Crippen molar-refractivity contribution in [3.05, 3.63) is 71.8 Å². The van der Waals surface area contributed by atoms with Gasteiger partial charge in [-0.15, -0.1) is 0 Å². The molecule has 0 aliphatic heterocycles. The fourth-order valence-electron chi connectivity index (χ4n) is 1.82. The van der Waals surface area contributed by atoms with Gasteiger partial charge in [0.25, 0.3) is 0 Å². The normalized spacial score (nSPS) is 9.68. The van der Waals surface area contributed by atoms with Crippen LogP contribution in [0.5, 0.6) is 0 Å². The van der Waals surface area contributed by atoms with E-state index in [0.29, 0.717) is 0 Å². The highest BCUT2D eigenvalue weighted by atomic mass is 14.8. The van der Waals surface area contributed by atoms with Gasteiger partial charge in [0, 0.05) is 18.5 Å². The van der Waals surface area contributed by atoms with E-state index < -0.39 is 0 Å². The fraction of sp³-hybridized carbons (Fsp3) is 0.222. The van der Waals surface area contributed by atoms with E-state index in [0.717, 1.165) is 31.5 Å². The van der Waals surface area contributed by atoms with E-state index in [1.165, 1.54) is 5.56 Å². The Morgan fingerprint density at radius 1 is 0.842 bits per heavy atom. The summed E-state index contributed by atoms with van der Waals surface area (Å²) in [6.07, 6.45) is 2.03. The SMILES string of the molecule is C(#Cc1ccccc1)CCCNCc1ccccc1. The third-order valence-electron chi connectivity index (χ3n) is 2.83. The maximum absolute atomic E-state index is 3.43. The Kier molecular flexibility index (Phi) is 5.73. The van der Waals surface area contributed by atoms with Crippen LogP contribution in [0.25, 0.3) is 0 Å². The van der Waals surface area contributed by atoms with Crippen molar-refractivity contribution >= 4 is 0 Å². The molecular weight excluding hydrogens is 230 g/mol. The Balaban J connectivity index is 1.59. The summed E-state index contributed by atoms with van der Waals surface area (Å²) in [5, 5.41) is 3.43. The molecule has 1 nitrogen and oxygen atoms in total. The molecule has 2 rings (SSSR count). The molecule has 0 heterocycles. The highest BCUT2D eigenvalue weighted by Gasteiger charge is 1.90. The molecule has 96 valence electrons. The van der Waals surface area contributed by atoms with Crippen LogP contribution in [-0.2, 0) is 6.54 Å². The van der Waals surface area contributed by atoms with Gasteiger partial charge >= 0.3 is 0 Å². The molecule has 19 heavy (non-hydrogen) atoms. The Bertz CT molecular complexity index is 520. The third-order valence-corrected chi connectivity index (χ3v) is 2.83. The van der Waals surface area contributed by atoms with Gasteiger partial charge in [0.2, 0.25) is 0 Å². The Morgan fingerprint density at radius 2 is 1.53 bits per heavy atom. The maximum Gasteiger partial charge on any atom is 0.0245 e. The summed E-state index contributed by atoms with van der Waals surface area (Å²) >= 11 is 0. The summed E-state index contributed by atoms with van der Waals surface area (Å²) < 4.78 is 0. The summed E-state index contributed by atoms with van der Waals surface area (Å²) in [6.45, 7) is 1.95. The van der Waals surface area contributed by atoms with Crippen LogP contribution in [0.15, 0.2) is 60.7 Å². The van der Waals surface area contributed by atoms with Crippen molar-refractivity contribution in [3.8, 4) is 11.8 Å². The van der Waals surface area contributed by atoms with Crippen LogP contribution < -0.4 is 5.32 Å². The maximum atomic E-state index is 3.43. The number of hydrogen-bond acceptors (Lipinski definition) is 1. The summed E-state index contributed by atoms with van der Waals surface area (Å²) in [4.78, 5) is 0. The lowest BCUT2D eigenvalue weighted by atomic mass is 10.2. The molecule has 0 fully saturated rings. The molecule has 0 atom stereocenters. The average molecular weight is 249 g/mol. The Hall–Kier alpha value is -2.04. The highest BCUT2D eigenvalue weighted by molar-refractivity contribution is 5.33. The van der Waals surface area contributed by atoms with Crippen LogP contribution in [0.1, 0.15) is 24.0 Å². The van der Waals surface area contributed by atoms with Crippen LogP contribution in [0.4, 0.5) is 0 Å². The summed E-state index contributed by atoms with van der Waals surface area (Å²) in [7, 11) is 0. The lowest BCUT2D eigenvalue weighted by molar-refractivity contribution is 0.659. The zero-order valence-electron chi connectivity index (χ0n) is 11.1. The van der Waals surface area contributed by atoms with E-state index >= 15 is 0 Å². The largest absolute Gasteiger partial charge is 0.313 e. The second-order valence-corrected chi connectivity index (χ2v) is 4.43.